The molecule has 3 aliphatic carbocycles. The molecule has 3 saturated carbocycles. The molecular weight excluding hydrogens is 644 g/mol. The van der Waals surface area contributed by atoms with Gasteiger partial charge in [0.15, 0.2) is 5.60 Å². The fraction of sp³-hybridized carbons (Fsp3) is 0.744. The maximum Gasteiger partial charge on any atom is 0.338 e. The van der Waals surface area contributed by atoms with Crippen LogP contribution in [0.1, 0.15) is 89.9 Å². The highest BCUT2D eigenvalue weighted by molar-refractivity contribution is 5.89. The van der Waals surface area contributed by atoms with Gasteiger partial charge < -0.3 is 43.7 Å². The van der Waals surface area contributed by atoms with Gasteiger partial charge >= 0.3 is 11.9 Å². The van der Waals surface area contributed by atoms with Crippen molar-refractivity contribution in [3.05, 3.63) is 48.0 Å². The molecule has 1 aromatic carbocycles. The van der Waals surface area contributed by atoms with Crippen molar-refractivity contribution in [3.63, 3.8) is 0 Å². The van der Waals surface area contributed by atoms with Crippen molar-refractivity contribution in [2.75, 3.05) is 6.61 Å². The fourth-order valence-corrected chi connectivity index (χ4v) is 12.0. The van der Waals surface area contributed by atoms with Crippen LogP contribution in [0.5, 0.6) is 0 Å². The number of aliphatic hydroxyl groups excluding tert-OH is 2. The van der Waals surface area contributed by atoms with Crippen LogP contribution in [0, 0.1) is 35.5 Å². The molecule has 50 heavy (non-hydrogen) atoms. The van der Waals surface area contributed by atoms with Crippen molar-refractivity contribution in [1.82, 2.24) is 0 Å². The summed E-state index contributed by atoms with van der Waals surface area (Å²) in [6.07, 6.45) is 0.510. The van der Waals surface area contributed by atoms with E-state index in [-0.39, 0.29) is 11.8 Å². The van der Waals surface area contributed by atoms with E-state index in [4.69, 9.17) is 28.4 Å². The Kier molecular flexibility index (Phi) is 8.02. The number of hydrogen-bond acceptors (Lipinski definition) is 11. The van der Waals surface area contributed by atoms with Crippen LogP contribution in [0.25, 0.3) is 0 Å². The normalized spacial score (nSPS) is 51.6. The SMILES string of the molecule is C=C(C)[C@@]12OC34CCCCCCC[C@@H](C)C5C6[C@](O)([C@H](O)[C@@]7(CO)O[C@H]7[C@@H]([C@H]1O3)[C@]6(O4)[C@H](C)[C@H]2OC(C)=O)[C@@H](OC(=O)c1ccccc1)[C@H]5C. The number of esters is 2. The van der Waals surface area contributed by atoms with E-state index in [0.29, 0.717) is 17.6 Å². The number of benzene rings is 1. The molecule has 0 radical (unpaired) electrons. The summed E-state index contributed by atoms with van der Waals surface area (Å²) >= 11 is 0. The Bertz CT molecular complexity index is 1550. The van der Waals surface area contributed by atoms with Gasteiger partial charge in [-0.3, -0.25) is 4.79 Å². The lowest BCUT2D eigenvalue weighted by Crippen LogP contribution is -2.77. The summed E-state index contributed by atoms with van der Waals surface area (Å²) in [6, 6.07) is 8.59. The highest BCUT2D eigenvalue weighted by atomic mass is 16.9. The minimum absolute atomic E-state index is 0.00137. The van der Waals surface area contributed by atoms with Crippen molar-refractivity contribution in [3.8, 4) is 0 Å². The number of rotatable bonds is 5. The number of carbonyl (C=O) groups excluding carboxylic acids is 2. The summed E-state index contributed by atoms with van der Waals surface area (Å²) in [4.78, 5) is 26.8. The van der Waals surface area contributed by atoms with Gasteiger partial charge in [-0.1, -0.05) is 77.7 Å². The first-order valence-corrected chi connectivity index (χ1v) is 18.6. The van der Waals surface area contributed by atoms with Crippen LogP contribution in [0.4, 0.5) is 0 Å². The number of hydrogen-bond donors (Lipinski definition) is 3. The Balaban J connectivity index is 1.40. The van der Waals surface area contributed by atoms with Crippen molar-refractivity contribution in [2.24, 2.45) is 35.5 Å². The first-order valence-electron chi connectivity index (χ1n) is 18.6. The maximum atomic E-state index is 13.9. The van der Waals surface area contributed by atoms with E-state index < -0.39 is 101 Å². The Morgan fingerprint density at radius 2 is 1.64 bits per heavy atom. The summed E-state index contributed by atoms with van der Waals surface area (Å²) in [5.41, 5.74) is -5.58. The monoisotopic (exact) mass is 696 g/mol. The van der Waals surface area contributed by atoms with Crippen LogP contribution in [0.3, 0.4) is 0 Å². The molecule has 1 aromatic rings. The second-order valence-corrected chi connectivity index (χ2v) is 16.5. The smallest absolute Gasteiger partial charge is 0.338 e. The fourth-order valence-electron chi connectivity index (χ4n) is 12.0. The number of ether oxygens (including phenoxy) is 6. The Labute approximate surface area is 293 Å². The minimum atomic E-state index is -2.16. The van der Waals surface area contributed by atoms with Crippen molar-refractivity contribution in [1.29, 1.82) is 0 Å². The summed E-state index contributed by atoms with van der Waals surface area (Å²) < 4.78 is 40.5. The standard InChI is InChI=1S/C39H52O11/c1-20(2)38-30(45-24(6)41)23(5)39-27-31-35(19-40,47-31)34(43)37(44)28(39)26(22(4)29(37)46-33(42)25-16-12-10-13-17-25)21(3)15-11-8-7-9-14-18-36(49-38,50-39)48-32(27)38/h10,12-13,16-17,21-23,26-32,34,40,43-44H,1,7-9,11,14-15,18-19H2,2-6H3/t21-,22+,23-,26?,27+,28?,29+,30-,31+,32-,34-,35+,36?,37-,38+,39-/m1/s1. The zero-order valence-corrected chi connectivity index (χ0v) is 29.7. The van der Waals surface area contributed by atoms with Crippen LogP contribution < -0.4 is 0 Å². The van der Waals surface area contributed by atoms with Crippen molar-refractivity contribution in [2.45, 2.75) is 138 Å². The molecule has 0 amide bonds. The molecule has 4 saturated heterocycles. The highest BCUT2D eigenvalue weighted by Gasteiger charge is 2.92. The largest absolute Gasteiger partial charge is 0.459 e. The van der Waals surface area contributed by atoms with Crippen molar-refractivity contribution >= 4 is 11.9 Å². The third-order valence-electron chi connectivity index (χ3n) is 14.0. The molecule has 2 spiro atoms. The predicted octanol–water partition coefficient (Wildman–Crippen LogP) is 4.06. The first-order chi connectivity index (χ1) is 23.7. The topological polar surface area (TPSA) is 154 Å². The van der Waals surface area contributed by atoms with Gasteiger partial charge in [0.1, 0.15) is 41.7 Å². The quantitative estimate of drug-likeness (QED) is 0.232. The van der Waals surface area contributed by atoms with Crippen molar-refractivity contribution < 1.29 is 53.3 Å². The summed E-state index contributed by atoms with van der Waals surface area (Å²) in [6.45, 7) is 13.0. The molecule has 11 nitrogen and oxygen atoms in total. The summed E-state index contributed by atoms with van der Waals surface area (Å²) in [7, 11) is 0. The lowest BCUT2D eigenvalue weighted by atomic mass is 9.50. The second kappa shape index (κ2) is 11.6. The summed E-state index contributed by atoms with van der Waals surface area (Å²) in [5.74, 6) is -5.72. The molecule has 8 rings (SSSR count). The lowest BCUT2D eigenvalue weighted by molar-refractivity contribution is -0.439. The zero-order valence-electron chi connectivity index (χ0n) is 29.7. The number of epoxide rings is 1. The molecule has 16 atom stereocenters. The Morgan fingerprint density at radius 3 is 2.32 bits per heavy atom. The van der Waals surface area contributed by atoms with E-state index >= 15 is 0 Å². The molecule has 0 aromatic heterocycles. The van der Waals surface area contributed by atoms with E-state index in [1.54, 1.807) is 30.3 Å². The van der Waals surface area contributed by atoms with E-state index in [9.17, 15) is 24.9 Å². The molecule has 7 aliphatic rings. The van der Waals surface area contributed by atoms with Crippen LogP contribution in [-0.2, 0) is 33.2 Å². The molecule has 3 unspecified atom stereocenters. The van der Waals surface area contributed by atoms with Crippen LogP contribution in [0.15, 0.2) is 42.5 Å². The van der Waals surface area contributed by atoms with Crippen LogP contribution in [0.2, 0.25) is 0 Å². The maximum absolute atomic E-state index is 13.9. The molecule has 4 heterocycles. The highest BCUT2D eigenvalue weighted by Crippen LogP contribution is 2.76. The third-order valence-corrected chi connectivity index (χ3v) is 14.0. The zero-order chi connectivity index (χ0) is 35.6. The van der Waals surface area contributed by atoms with Gasteiger partial charge in [-0.15, -0.1) is 0 Å². The van der Waals surface area contributed by atoms with Gasteiger partial charge in [-0.2, -0.15) is 0 Å². The van der Waals surface area contributed by atoms with E-state index in [0.717, 1.165) is 38.5 Å². The third kappa shape index (κ3) is 4.28. The molecule has 3 bridgehead atoms. The minimum Gasteiger partial charge on any atom is -0.459 e. The van der Waals surface area contributed by atoms with Gasteiger partial charge in [0.2, 0.25) is 0 Å². The van der Waals surface area contributed by atoms with Gasteiger partial charge in [0.05, 0.1) is 17.8 Å². The second-order valence-electron chi connectivity index (χ2n) is 16.5. The average Bonchev–Trinajstić information content (AvgIpc) is 3.71. The number of aliphatic hydroxyl groups is 3. The Hall–Kier alpha value is -2.38. The van der Waals surface area contributed by atoms with Gasteiger partial charge in [-0.05, 0) is 48.8 Å². The van der Waals surface area contributed by atoms with E-state index in [2.05, 4.69) is 13.5 Å². The first kappa shape index (κ1) is 34.7. The molecule has 3 N–H and O–H groups in total. The summed E-state index contributed by atoms with van der Waals surface area (Å²) in [5, 5.41) is 37.4. The van der Waals surface area contributed by atoms with E-state index in [1.165, 1.54) is 6.92 Å². The van der Waals surface area contributed by atoms with Gasteiger partial charge in [-0.25, -0.2) is 4.79 Å². The molecule has 4 aliphatic heterocycles. The van der Waals surface area contributed by atoms with E-state index in [1.807, 2.05) is 20.8 Å². The average molecular weight is 697 g/mol. The molecule has 274 valence electrons. The van der Waals surface area contributed by atoms with Gasteiger partial charge in [0, 0.05) is 31.1 Å². The molecule has 11 heteroatoms. The predicted molar refractivity (Wildman–Crippen MR) is 177 cm³/mol. The van der Waals surface area contributed by atoms with Crippen LogP contribution in [-0.4, -0.2) is 92.8 Å². The van der Waals surface area contributed by atoms with Gasteiger partial charge in [0.25, 0.3) is 5.97 Å². The molecular formula is C39H52O11. The van der Waals surface area contributed by atoms with Crippen LogP contribution >= 0.6 is 0 Å². The number of fused-ring (bicyclic) bond motifs is 1. The lowest BCUT2D eigenvalue weighted by Gasteiger charge is -2.63. The Morgan fingerprint density at radius 1 is 0.940 bits per heavy atom. The molecule has 7 fully saturated rings. The number of carbonyl (C=O) groups is 2.